The third-order valence-corrected chi connectivity index (χ3v) is 2.44. The van der Waals surface area contributed by atoms with Gasteiger partial charge in [-0.3, -0.25) is 0 Å². The standard InChI is InChI=1S/C12H18F2N2O/c1-17-8-9(4-3-7-15)16-11-6-2-5-10(13)12(11)14/h2,5-6,9,16H,3-4,7-8,15H2,1H3. The van der Waals surface area contributed by atoms with Crippen molar-refractivity contribution < 1.29 is 13.5 Å². The minimum absolute atomic E-state index is 0.0696. The molecule has 96 valence electrons. The fourth-order valence-electron chi connectivity index (χ4n) is 1.60. The Bertz CT molecular complexity index is 347. The van der Waals surface area contributed by atoms with Gasteiger partial charge in [0.05, 0.1) is 12.3 Å². The number of halogens is 2. The van der Waals surface area contributed by atoms with Crippen LogP contribution in [-0.4, -0.2) is 26.3 Å². The van der Waals surface area contributed by atoms with Crippen LogP contribution >= 0.6 is 0 Å². The summed E-state index contributed by atoms with van der Waals surface area (Å²) in [6, 6.07) is 3.99. The Balaban J connectivity index is 2.67. The number of nitrogens with two attached hydrogens (primary N) is 1. The van der Waals surface area contributed by atoms with Crippen molar-refractivity contribution in [1.29, 1.82) is 0 Å². The van der Waals surface area contributed by atoms with E-state index in [1.807, 2.05) is 0 Å². The molecule has 1 aromatic rings. The lowest BCUT2D eigenvalue weighted by Gasteiger charge is -2.19. The number of nitrogens with one attached hydrogen (secondary N) is 1. The van der Waals surface area contributed by atoms with Gasteiger partial charge in [0.25, 0.3) is 0 Å². The smallest absolute Gasteiger partial charge is 0.181 e. The van der Waals surface area contributed by atoms with Crippen LogP contribution < -0.4 is 11.1 Å². The quantitative estimate of drug-likeness (QED) is 0.772. The van der Waals surface area contributed by atoms with Crippen LogP contribution in [0.15, 0.2) is 18.2 Å². The second-order valence-electron chi connectivity index (χ2n) is 3.83. The van der Waals surface area contributed by atoms with Crippen molar-refractivity contribution >= 4 is 5.69 Å². The van der Waals surface area contributed by atoms with Crippen LogP contribution in [0.3, 0.4) is 0 Å². The maximum Gasteiger partial charge on any atom is 0.181 e. The Hall–Kier alpha value is -1.20. The van der Waals surface area contributed by atoms with E-state index in [0.29, 0.717) is 13.2 Å². The molecule has 5 heteroatoms. The Labute approximate surface area is 100.0 Å². The third kappa shape index (κ3) is 4.28. The first-order chi connectivity index (χ1) is 8.19. The van der Waals surface area contributed by atoms with Crippen LogP contribution in [0, 0.1) is 11.6 Å². The summed E-state index contributed by atoms with van der Waals surface area (Å²) in [7, 11) is 1.57. The third-order valence-electron chi connectivity index (χ3n) is 2.44. The number of ether oxygens (including phenoxy) is 1. The van der Waals surface area contributed by atoms with E-state index in [-0.39, 0.29) is 11.7 Å². The maximum absolute atomic E-state index is 13.4. The topological polar surface area (TPSA) is 47.3 Å². The molecule has 0 saturated heterocycles. The monoisotopic (exact) mass is 244 g/mol. The molecule has 3 N–H and O–H groups in total. The van der Waals surface area contributed by atoms with Crippen molar-refractivity contribution in [2.24, 2.45) is 5.73 Å². The molecule has 17 heavy (non-hydrogen) atoms. The van der Waals surface area contributed by atoms with Crippen molar-refractivity contribution in [3.05, 3.63) is 29.8 Å². The van der Waals surface area contributed by atoms with E-state index < -0.39 is 11.6 Å². The number of rotatable bonds is 7. The van der Waals surface area contributed by atoms with Gasteiger partial charge < -0.3 is 15.8 Å². The normalized spacial score (nSPS) is 12.5. The summed E-state index contributed by atoms with van der Waals surface area (Å²) in [4.78, 5) is 0. The molecule has 3 nitrogen and oxygen atoms in total. The molecule has 0 spiro atoms. The Morgan fingerprint density at radius 3 is 2.82 bits per heavy atom. The molecule has 0 aliphatic heterocycles. The molecule has 1 unspecified atom stereocenters. The van der Waals surface area contributed by atoms with Crippen molar-refractivity contribution in [1.82, 2.24) is 0 Å². The Morgan fingerprint density at radius 2 is 2.18 bits per heavy atom. The van der Waals surface area contributed by atoms with Crippen molar-refractivity contribution in [2.75, 3.05) is 25.6 Å². The highest BCUT2D eigenvalue weighted by Gasteiger charge is 2.12. The second kappa shape index (κ2) is 7.19. The number of methoxy groups -OCH3 is 1. The van der Waals surface area contributed by atoms with Crippen LogP contribution in [0.5, 0.6) is 0 Å². The molecule has 0 fully saturated rings. The van der Waals surface area contributed by atoms with Gasteiger partial charge in [-0.25, -0.2) is 8.78 Å². The van der Waals surface area contributed by atoms with E-state index >= 15 is 0 Å². The SMILES string of the molecule is COCC(CCCN)Nc1cccc(F)c1F. The molecule has 1 aromatic carbocycles. The Morgan fingerprint density at radius 1 is 1.41 bits per heavy atom. The van der Waals surface area contributed by atoms with E-state index in [4.69, 9.17) is 10.5 Å². The molecule has 0 bridgehead atoms. The Kier molecular flexibility index (Phi) is 5.86. The van der Waals surface area contributed by atoms with Gasteiger partial charge in [-0.1, -0.05) is 6.07 Å². The predicted molar refractivity (Wildman–Crippen MR) is 63.9 cm³/mol. The molecule has 1 rings (SSSR count). The van der Waals surface area contributed by atoms with Gasteiger partial charge >= 0.3 is 0 Å². The van der Waals surface area contributed by atoms with Gasteiger partial charge in [0.1, 0.15) is 0 Å². The minimum atomic E-state index is -0.860. The zero-order chi connectivity index (χ0) is 12.7. The van der Waals surface area contributed by atoms with E-state index in [1.54, 1.807) is 7.11 Å². The first-order valence-electron chi connectivity index (χ1n) is 5.58. The number of hydrogen-bond acceptors (Lipinski definition) is 3. The summed E-state index contributed by atoms with van der Waals surface area (Å²) in [5.74, 6) is -1.72. The van der Waals surface area contributed by atoms with Gasteiger partial charge in [0.2, 0.25) is 0 Å². The summed E-state index contributed by atoms with van der Waals surface area (Å²) in [5, 5.41) is 2.93. The highest BCUT2D eigenvalue weighted by Crippen LogP contribution is 2.18. The maximum atomic E-state index is 13.4. The largest absolute Gasteiger partial charge is 0.383 e. The van der Waals surface area contributed by atoms with E-state index in [1.165, 1.54) is 12.1 Å². The van der Waals surface area contributed by atoms with E-state index in [0.717, 1.165) is 18.9 Å². The molecule has 0 heterocycles. The summed E-state index contributed by atoms with van der Waals surface area (Å²) in [6.45, 7) is 0.990. The summed E-state index contributed by atoms with van der Waals surface area (Å²) < 4.78 is 31.4. The van der Waals surface area contributed by atoms with Crippen LogP contribution in [0.1, 0.15) is 12.8 Å². The number of benzene rings is 1. The number of hydrogen-bond donors (Lipinski definition) is 2. The molecule has 0 radical (unpaired) electrons. The fourth-order valence-corrected chi connectivity index (χ4v) is 1.60. The lowest BCUT2D eigenvalue weighted by atomic mass is 10.1. The average molecular weight is 244 g/mol. The van der Waals surface area contributed by atoms with Gasteiger partial charge in [0, 0.05) is 13.2 Å². The lowest BCUT2D eigenvalue weighted by molar-refractivity contribution is 0.182. The van der Waals surface area contributed by atoms with Gasteiger partial charge in [0.15, 0.2) is 11.6 Å². The number of anilines is 1. The highest BCUT2D eigenvalue weighted by atomic mass is 19.2. The van der Waals surface area contributed by atoms with E-state index in [9.17, 15) is 8.78 Å². The average Bonchev–Trinajstić information content (AvgIpc) is 2.32. The molecule has 0 aliphatic rings. The van der Waals surface area contributed by atoms with E-state index in [2.05, 4.69) is 5.32 Å². The zero-order valence-corrected chi connectivity index (χ0v) is 9.88. The predicted octanol–water partition coefficient (Wildman–Crippen LogP) is 2.13. The molecular weight excluding hydrogens is 226 g/mol. The van der Waals surface area contributed by atoms with Gasteiger partial charge in [-0.05, 0) is 31.5 Å². The summed E-state index contributed by atoms with van der Waals surface area (Å²) in [6.07, 6.45) is 1.55. The molecule has 1 atom stereocenters. The van der Waals surface area contributed by atoms with Crippen molar-refractivity contribution in [2.45, 2.75) is 18.9 Å². The molecule has 0 amide bonds. The van der Waals surface area contributed by atoms with Crippen LogP contribution in [-0.2, 0) is 4.74 Å². The molecule has 0 saturated carbocycles. The van der Waals surface area contributed by atoms with Crippen LogP contribution in [0.25, 0.3) is 0 Å². The first-order valence-corrected chi connectivity index (χ1v) is 5.58. The van der Waals surface area contributed by atoms with Crippen molar-refractivity contribution in [3.63, 3.8) is 0 Å². The minimum Gasteiger partial charge on any atom is -0.383 e. The fraction of sp³-hybridized carbons (Fsp3) is 0.500. The summed E-state index contributed by atoms with van der Waals surface area (Å²) >= 11 is 0. The highest BCUT2D eigenvalue weighted by molar-refractivity contribution is 5.45. The summed E-state index contributed by atoms with van der Waals surface area (Å²) in [5.41, 5.74) is 5.57. The second-order valence-corrected chi connectivity index (χ2v) is 3.83. The molecule has 0 aromatic heterocycles. The lowest BCUT2D eigenvalue weighted by Crippen LogP contribution is -2.26. The van der Waals surface area contributed by atoms with Gasteiger partial charge in [-0.2, -0.15) is 0 Å². The van der Waals surface area contributed by atoms with Crippen LogP contribution in [0.2, 0.25) is 0 Å². The molecular formula is C12H18F2N2O. The molecule has 0 aliphatic carbocycles. The van der Waals surface area contributed by atoms with Crippen molar-refractivity contribution in [3.8, 4) is 0 Å². The zero-order valence-electron chi connectivity index (χ0n) is 9.88. The van der Waals surface area contributed by atoms with Gasteiger partial charge in [-0.15, -0.1) is 0 Å². The first kappa shape index (κ1) is 13.9. The van der Waals surface area contributed by atoms with Crippen LogP contribution in [0.4, 0.5) is 14.5 Å².